The van der Waals surface area contributed by atoms with Gasteiger partial charge in [0.2, 0.25) is 5.52 Å². The van der Waals surface area contributed by atoms with E-state index in [1.807, 2.05) is 13.0 Å². The second-order valence-electron chi connectivity index (χ2n) is 12.9. The largest absolute Gasteiger partial charge is 0.307 e. The Morgan fingerprint density at radius 2 is 1.41 bits per heavy atom. The van der Waals surface area contributed by atoms with Crippen LogP contribution in [-0.4, -0.2) is 4.40 Å². The van der Waals surface area contributed by atoms with Gasteiger partial charge in [-0.3, -0.25) is 0 Å². The van der Waals surface area contributed by atoms with Crippen molar-refractivity contribution in [1.29, 1.82) is 0 Å². The van der Waals surface area contributed by atoms with E-state index in [0.717, 1.165) is 38.4 Å². The first-order valence-electron chi connectivity index (χ1n) is 15.0. The van der Waals surface area contributed by atoms with Crippen molar-refractivity contribution in [2.75, 3.05) is 0 Å². The number of halogens is 1. The van der Waals surface area contributed by atoms with Gasteiger partial charge in [-0.05, 0) is 87.7 Å². The van der Waals surface area contributed by atoms with Crippen molar-refractivity contribution in [2.45, 2.75) is 66.2 Å². The molecule has 0 spiro atoms. The van der Waals surface area contributed by atoms with Gasteiger partial charge in [-0.1, -0.05) is 71.9 Å². The molecular formula is C38H38FN2+. The Morgan fingerprint density at radius 1 is 0.732 bits per heavy atom. The molecule has 3 aromatic heterocycles. The molecule has 0 radical (unpaired) electrons. The van der Waals surface area contributed by atoms with Gasteiger partial charge in [0.1, 0.15) is 12.9 Å². The molecule has 0 fully saturated rings. The Labute approximate surface area is 241 Å². The number of aromatic nitrogens is 2. The summed E-state index contributed by atoms with van der Waals surface area (Å²) in [6.07, 6.45) is 2.16. The summed E-state index contributed by atoms with van der Waals surface area (Å²) in [5.74, 6) is 1.08. The molecule has 206 valence electrons. The number of hydrogen-bond donors (Lipinski definition) is 0. The molecule has 0 aliphatic carbocycles. The lowest BCUT2D eigenvalue weighted by molar-refractivity contribution is -0.643. The standard InChI is InChI=1S/C38H38FN2/c1-20(2)25-17-28(21(3)4)34(29(18-25)22(5)6)26-16-24-13-14-40(8)37-33-23(7)15-30(39)36-27-11-9-10-12-31(27)41(38(33)36)32(19-26)35(24)37/h9-22H,1-8H3/q+1. The average molecular weight is 542 g/mol. The number of nitrogens with zero attached hydrogens (tertiary/aromatic N) is 2. The summed E-state index contributed by atoms with van der Waals surface area (Å²) >= 11 is 0. The molecule has 0 unspecified atom stereocenters. The minimum absolute atomic E-state index is 0.154. The maximum absolute atomic E-state index is 15.8. The highest BCUT2D eigenvalue weighted by molar-refractivity contribution is 6.26. The third-order valence-electron chi connectivity index (χ3n) is 9.20. The van der Waals surface area contributed by atoms with Crippen molar-refractivity contribution in [3.05, 3.63) is 94.9 Å². The van der Waals surface area contributed by atoms with E-state index in [0.29, 0.717) is 23.1 Å². The van der Waals surface area contributed by atoms with Crippen LogP contribution >= 0.6 is 0 Å². The molecule has 0 N–H and O–H groups in total. The van der Waals surface area contributed by atoms with Gasteiger partial charge in [-0.25, -0.2) is 8.96 Å². The maximum Gasteiger partial charge on any atom is 0.224 e. The zero-order chi connectivity index (χ0) is 28.9. The Bertz CT molecular complexity index is 2130. The molecular weight excluding hydrogens is 503 g/mol. The summed E-state index contributed by atoms with van der Waals surface area (Å²) in [6, 6.07) is 21.9. The van der Waals surface area contributed by atoms with E-state index in [2.05, 4.69) is 112 Å². The van der Waals surface area contributed by atoms with Crippen LogP contribution < -0.4 is 4.57 Å². The first-order valence-corrected chi connectivity index (χ1v) is 15.0. The summed E-state index contributed by atoms with van der Waals surface area (Å²) in [5.41, 5.74) is 12.0. The van der Waals surface area contributed by atoms with Crippen LogP contribution in [-0.2, 0) is 7.05 Å². The normalized spacial score (nSPS) is 12.7. The number of hydrogen-bond acceptors (Lipinski definition) is 0. The quantitative estimate of drug-likeness (QED) is 0.119. The lowest BCUT2D eigenvalue weighted by Crippen LogP contribution is -2.29. The molecule has 7 rings (SSSR count). The molecule has 3 heteroatoms. The summed E-state index contributed by atoms with van der Waals surface area (Å²) in [7, 11) is 2.11. The lowest BCUT2D eigenvalue weighted by Gasteiger charge is -2.24. The van der Waals surface area contributed by atoms with Crippen molar-refractivity contribution in [1.82, 2.24) is 4.40 Å². The predicted octanol–water partition coefficient (Wildman–Crippen LogP) is 10.3. The van der Waals surface area contributed by atoms with Crippen LogP contribution in [0.3, 0.4) is 0 Å². The van der Waals surface area contributed by atoms with Crippen LogP contribution in [0, 0.1) is 12.7 Å². The van der Waals surface area contributed by atoms with E-state index in [4.69, 9.17) is 0 Å². The Kier molecular flexibility index (Phi) is 5.70. The van der Waals surface area contributed by atoms with E-state index in [1.54, 1.807) is 6.07 Å². The highest BCUT2D eigenvalue weighted by Crippen LogP contribution is 2.45. The van der Waals surface area contributed by atoms with Gasteiger partial charge in [0.25, 0.3) is 0 Å². The van der Waals surface area contributed by atoms with Crippen molar-refractivity contribution < 1.29 is 8.96 Å². The second kappa shape index (κ2) is 9.01. The van der Waals surface area contributed by atoms with Crippen LogP contribution in [0.5, 0.6) is 0 Å². The molecule has 3 heterocycles. The fourth-order valence-corrected chi connectivity index (χ4v) is 7.18. The van der Waals surface area contributed by atoms with E-state index >= 15 is 4.39 Å². The van der Waals surface area contributed by atoms with Crippen molar-refractivity contribution in [3.63, 3.8) is 0 Å². The molecule has 0 aliphatic rings. The van der Waals surface area contributed by atoms with Crippen LogP contribution in [0.2, 0.25) is 0 Å². The number of benzene rings is 4. The Hall–Kier alpha value is -3.98. The third-order valence-corrected chi connectivity index (χ3v) is 9.20. The summed E-state index contributed by atoms with van der Waals surface area (Å²) in [5, 5.41) is 5.23. The van der Waals surface area contributed by atoms with Gasteiger partial charge >= 0.3 is 0 Å². The summed E-state index contributed by atoms with van der Waals surface area (Å²) in [4.78, 5) is 0. The molecule has 0 saturated carbocycles. The average Bonchev–Trinajstić information content (AvgIpc) is 3.28. The SMILES string of the molecule is Cc1cc(F)c2c3ccccc3n3c4cc(-c5c(C(C)C)cc(C(C)C)cc5C(C)C)cc5cc[n+](C)c(c1c23)c54. The van der Waals surface area contributed by atoms with Crippen molar-refractivity contribution >= 4 is 49.0 Å². The molecule has 2 nitrogen and oxygen atoms in total. The number of rotatable bonds is 4. The molecule has 7 aromatic rings. The number of pyridine rings is 2. The zero-order valence-electron chi connectivity index (χ0n) is 25.4. The number of para-hydroxylation sites is 1. The topological polar surface area (TPSA) is 8.29 Å². The van der Waals surface area contributed by atoms with Crippen molar-refractivity contribution in [3.8, 4) is 11.1 Å². The highest BCUT2D eigenvalue weighted by atomic mass is 19.1. The second-order valence-corrected chi connectivity index (χ2v) is 12.9. The number of fused-ring (bicyclic) bond motifs is 5. The molecule has 0 atom stereocenters. The molecule has 41 heavy (non-hydrogen) atoms. The maximum atomic E-state index is 15.8. The fourth-order valence-electron chi connectivity index (χ4n) is 7.18. The predicted molar refractivity (Wildman–Crippen MR) is 172 cm³/mol. The van der Waals surface area contributed by atoms with Crippen LogP contribution in [0.15, 0.2) is 66.9 Å². The van der Waals surface area contributed by atoms with Crippen LogP contribution in [0.1, 0.15) is 81.5 Å². The molecule has 0 amide bonds. The Morgan fingerprint density at radius 3 is 2.07 bits per heavy atom. The monoisotopic (exact) mass is 541 g/mol. The zero-order valence-corrected chi connectivity index (χ0v) is 25.4. The Balaban J connectivity index is 1.75. The van der Waals surface area contributed by atoms with E-state index in [-0.39, 0.29) is 5.82 Å². The lowest BCUT2D eigenvalue weighted by atomic mass is 9.81. The minimum Gasteiger partial charge on any atom is -0.307 e. The summed E-state index contributed by atoms with van der Waals surface area (Å²) in [6.45, 7) is 15.8. The molecule has 4 aromatic carbocycles. The minimum atomic E-state index is -0.154. The van der Waals surface area contributed by atoms with Gasteiger partial charge in [0, 0.05) is 16.8 Å². The number of aryl methyl sites for hydroxylation is 2. The highest BCUT2D eigenvalue weighted by Gasteiger charge is 2.27. The van der Waals surface area contributed by atoms with Gasteiger partial charge in [0.15, 0.2) is 6.20 Å². The van der Waals surface area contributed by atoms with E-state index < -0.39 is 0 Å². The first-order chi connectivity index (χ1) is 19.6. The van der Waals surface area contributed by atoms with Crippen LogP contribution in [0.4, 0.5) is 4.39 Å². The van der Waals surface area contributed by atoms with Gasteiger partial charge in [-0.15, -0.1) is 0 Å². The summed E-state index contributed by atoms with van der Waals surface area (Å²) < 4.78 is 20.4. The van der Waals surface area contributed by atoms with Gasteiger partial charge in [-0.2, -0.15) is 0 Å². The van der Waals surface area contributed by atoms with E-state index in [9.17, 15) is 0 Å². The van der Waals surface area contributed by atoms with Gasteiger partial charge in [0.05, 0.1) is 27.3 Å². The molecule has 0 saturated heterocycles. The van der Waals surface area contributed by atoms with Crippen molar-refractivity contribution in [2.24, 2.45) is 7.05 Å². The first kappa shape index (κ1) is 26.0. The van der Waals surface area contributed by atoms with Crippen LogP contribution in [0.25, 0.3) is 60.1 Å². The van der Waals surface area contributed by atoms with E-state index in [1.165, 1.54) is 38.6 Å². The van der Waals surface area contributed by atoms with Gasteiger partial charge < -0.3 is 4.40 Å². The molecule has 0 aliphatic heterocycles. The smallest absolute Gasteiger partial charge is 0.224 e. The fraction of sp³-hybridized carbons (Fsp3) is 0.289. The third kappa shape index (κ3) is 3.57. The molecule has 0 bridgehead atoms.